The molecular weight excluding hydrogens is 158 g/mol. The summed E-state index contributed by atoms with van der Waals surface area (Å²) in [5.74, 6) is 0.414. The van der Waals surface area contributed by atoms with E-state index in [0.29, 0.717) is 18.9 Å². The van der Waals surface area contributed by atoms with E-state index in [4.69, 9.17) is 5.73 Å². The Kier molecular flexibility index (Phi) is 2.65. The van der Waals surface area contributed by atoms with Gasteiger partial charge in [-0.25, -0.2) is 4.79 Å². The standard InChI is InChI=1S/C7H13N3O2/c1-5(2)6-9-12-7(11)10(6)4-3-8/h5H,3-4,8H2,1-2H3. The molecule has 0 spiro atoms. The average Bonchev–Trinajstić information content (AvgIpc) is 2.34. The van der Waals surface area contributed by atoms with E-state index in [1.165, 1.54) is 4.57 Å². The fraction of sp³-hybridized carbons (Fsp3) is 0.714. The van der Waals surface area contributed by atoms with Crippen LogP contribution < -0.4 is 11.5 Å². The lowest BCUT2D eigenvalue weighted by Gasteiger charge is -2.03. The largest absolute Gasteiger partial charge is 0.441 e. The molecule has 0 saturated carbocycles. The van der Waals surface area contributed by atoms with Gasteiger partial charge in [-0.3, -0.25) is 9.09 Å². The topological polar surface area (TPSA) is 74.0 Å². The van der Waals surface area contributed by atoms with Crippen molar-refractivity contribution in [1.82, 2.24) is 9.72 Å². The van der Waals surface area contributed by atoms with E-state index >= 15 is 0 Å². The summed E-state index contributed by atoms with van der Waals surface area (Å²) in [4.78, 5) is 11.0. The van der Waals surface area contributed by atoms with Crippen LogP contribution in [0.5, 0.6) is 0 Å². The fourth-order valence-corrected chi connectivity index (χ4v) is 1.03. The molecule has 0 unspecified atom stereocenters. The summed E-state index contributed by atoms with van der Waals surface area (Å²) in [5, 5.41) is 3.65. The first-order chi connectivity index (χ1) is 5.66. The minimum Gasteiger partial charge on any atom is -0.329 e. The van der Waals surface area contributed by atoms with Crippen LogP contribution in [0.15, 0.2) is 9.32 Å². The molecule has 0 aliphatic rings. The molecule has 0 fully saturated rings. The van der Waals surface area contributed by atoms with E-state index < -0.39 is 5.76 Å². The highest BCUT2D eigenvalue weighted by molar-refractivity contribution is 4.90. The van der Waals surface area contributed by atoms with Crippen molar-refractivity contribution in [1.29, 1.82) is 0 Å². The van der Waals surface area contributed by atoms with Crippen LogP contribution in [0.4, 0.5) is 0 Å². The Morgan fingerprint density at radius 1 is 1.67 bits per heavy atom. The van der Waals surface area contributed by atoms with Crippen molar-refractivity contribution in [3.05, 3.63) is 16.4 Å². The minimum atomic E-state index is -0.427. The fourth-order valence-electron chi connectivity index (χ4n) is 1.03. The van der Waals surface area contributed by atoms with E-state index in [0.717, 1.165) is 0 Å². The molecule has 12 heavy (non-hydrogen) atoms. The molecule has 5 nitrogen and oxygen atoms in total. The van der Waals surface area contributed by atoms with Gasteiger partial charge in [-0.15, -0.1) is 0 Å². The van der Waals surface area contributed by atoms with Gasteiger partial charge in [0.25, 0.3) is 0 Å². The molecule has 0 radical (unpaired) electrons. The van der Waals surface area contributed by atoms with Gasteiger partial charge in [0, 0.05) is 19.0 Å². The third-order valence-electron chi connectivity index (χ3n) is 1.58. The SMILES string of the molecule is CC(C)c1noc(=O)n1CCN. The summed E-state index contributed by atoms with van der Waals surface area (Å²) < 4.78 is 5.97. The average molecular weight is 171 g/mol. The first-order valence-corrected chi connectivity index (χ1v) is 3.93. The lowest BCUT2D eigenvalue weighted by molar-refractivity contribution is 0.372. The van der Waals surface area contributed by atoms with Crippen molar-refractivity contribution in [2.75, 3.05) is 6.54 Å². The van der Waals surface area contributed by atoms with E-state index in [1.54, 1.807) is 0 Å². The van der Waals surface area contributed by atoms with Crippen LogP contribution in [0.3, 0.4) is 0 Å². The lowest BCUT2D eigenvalue weighted by atomic mass is 10.2. The van der Waals surface area contributed by atoms with Gasteiger partial charge < -0.3 is 5.73 Å². The Labute approximate surface area is 70.2 Å². The van der Waals surface area contributed by atoms with E-state index in [-0.39, 0.29) is 5.92 Å². The van der Waals surface area contributed by atoms with Crippen molar-refractivity contribution in [3.8, 4) is 0 Å². The van der Waals surface area contributed by atoms with Gasteiger partial charge >= 0.3 is 5.76 Å². The molecule has 2 N–H and O–H groups in total. The van der Waals surface area contributed by atoms with Crippen LogP contribution >= 0.6 is 0 Å². The van der Waals surface area contributed by atoms with E-state index in [9.17, 15) is 4.79 Å². The van der Waals surface area contributed by atoms with Crippen LogP contribution in [0.25, 0.3) is 0 Å². The molecule has 1 aromatic heterocycles. The molecule has 1 aromatic rings. The van der Waals surface area contributed by atoms with Gasteiger partial charge in [-0.1, -0.05) is 19.0 Å². The molecule has 0 aliphatic heterocycles. The quantitative estimate of drug-likeness (QED) is 0.690. The molecule has 0 aromatic carbocycles. The van der Waals surface area contributed by atoms with Crippen molar-refractivity contribution in [2.24, 2.45) is 5.73 Å². The summed E-state index contributed by atoms with van der Waals surface area (Å²) in [5.41, 5.74) is 5.33. The zero-order chi connectivity index (χ0) is 9.14. The molecule has 1 heterocycles. The first kappa shape index (κ1) is 8.99. The second kappa shape index (κ2) is 3.53. The minimum absolute atomic E-state index is 0.183. The Morgan fingerprint density at radius 3 is 2.83 bits per heavy atom. The molecule has 0 amide bonds. The molecule has 0 aliphatic carbocycles. The Balaban J connectivity index is 3.04. The monoisotopic (exact) mass is 171 g/mol. The highest BCUT2D eigenvalue weighted by Gasteiger charge is 2.12. The van der Waals surface area contributed by atoms with E-state index in [2.05, 4.69) is 9.68 Å². The van der Waals surface area contributed by atoms with Gasteiger partial charge in [0.05, 0.1) is 0 Å². The van der Waals surface area contributed by atoms with Gasteiger partial charge in [0.2, 0.25) is 0 Å². The van der Waals surface area contributed by atoms with Crippen LogP contribution in [-0.4, -0.2) is 16.3 Å². The third-order valence-corrected chi connectivity index (χ3v) is 1.58. The van der Waals surface area contributed by atoms with Crippen molar-refractivity contribution >= 4 is 0 Å². The second-order valence-corrected chi connectivity index (χ2v) is 2.90. The highest BCUT2D eigenvalue weighted by Crippen LogP contribution is 2.08. The first-order valence-electron chi connectivity index (χ1n) is 3.93. The molecule has 1 rings (SSSR count). The predicted molar refractivity (Wildman–Crippen MR) is 43.9 cm³/mol. The van der Waals surface area contributed by atoms with Crippen LogP contribution in [0, 0.1) is 0 Å². The molecule has 5 heteroatoms. The summed E-state index contributed by atoms with van der Waals surface area (Å²) in [6.45, 7) is 4.78. The Hall–Kier alpha value is -1.10. The molecule has 0 atom stereocenters. The highest BCUT2D eigenvalue weighted by atomic mass is 16.5. The maximum atomic E-state index is 11.0. The summed E-state index contributed by atoms with van der Waals surface area (Å²) in [6, 6.07) is 0. The molecule has 68 valence electrons. The number of rotatable bonds is 3. The smallest absolute Gasteiger partial charge is 0.329 e. The van der Waals surface area contributed by atoms with Crippen molar-refractivity contribution < 1.29 is 4.52 Å². The van der Waals surface area contributed by atoms with Crippen LogP contribution in [-0.2, 0) is 6.54 Å². The van der Waals surface area contributed by atoms with Crippen LogP contribution in [0.2, 0.25) is 0 Å². The van der Waals surface area contributed by atoms with Gasteiger partial charge in [-0.2, -0.15) is 0 Å². The Bertz CT molecular complexity index is 300. The van der Waals surface area contributed by atoms with Gasteiger partial charge in [-0.05, 0) is 0 Å². The lowest BCUT2D eigenvalue weighted by Crippen LogP contribution is -2.22. The van der Waals surface area contributed by atoms with Gasteiger partial charge in [0.1, 0.15) is 0 Å². The molecule has 0 saturated heterocycles. The number of aromatic nitrogens is 2. The van der Waals surface area contributed by atoms with E-state index in [1.807, 2.05) is 13.8 Å². The summed E-state index contributed by atoms with van der Waals surface area (Å²) in [6.07, 6.45) is 0. The molecule has 0 bridgehead atoms. The molecular formula is C7H13N3O2. The van der Waals surface area contributed by atoms with Gasteiger partial charge in [0.15, 0.2) is 5.82 Å². The zero-order valence-electron chi connectivity index (χ0n) is 7.28. The van der Waals surface area contributed by atoms with Crippen molar-refractivity contribution in [2.45, 2.75) is 26.3 Å². The van der Waals surface area contributed by atoms with Crippen molar-refractivity contribution in [3.63, 3.8) is 0 Å². The normalized spacial score (nSPS) is 11.0. The third kappa shape index (κ3) is 1.55. The number of nitrogens with two attached hydrogens (primary N) is 1. The maximum Gasteiger partial charge on any atom is 0.441 e. The Morgan fingerprint density at radius 2 is 2.33 bits per heavy atom. The number of hydrogen-bond acceptors (Lipinski definition) is 4. The number of hydrogen-bond donors (Lipinski definition) is 1. The maximum absolute atomic E-state index is 11.0. The van der Waals surface area contributed by atoms with Crippen LogP contribution in [0.1, 0.15) is 25.6 Å². The second-order valence-electron chi connectivity index (χ2n) is 2.90. The predicted octanol–water partition coefficient (Wildman–Crippen LogP) is -0.0816. The number of nitrogens with zero attached hydrogens (tertiary/aromatic N) is 2. The zero-order valence-corrected chi connectivity index (χ0v) is 7.28. The summed E-state index contributed by atoms with van der Waals surface area (Å²) in [7, 11) is 0. The summed E-state index contributed by atoms with van der Waals surface area (Å²) >= 11 is 0.